The molecule has 0 radical (unpaired) electrons. The average molecular weight is 458 g/mol. The molecule has 1 N–H and O–H groups in total. The number of sulfonamides is 1. The van der Waals surface area contributed by atoms with Crippen LogP contribution in [-0.4, -0.2) is 69.9 Å². The van der Waals surface area contributed by atoms with Gasteiger partial charge in [0.25, 0.3) is 0 Å². The van der Waals surface area contributed by atoms with E-state index in [0.29, 0.717) is 29.7 Å². The summed E-state index contributed by atoms with van der Waals surface area (Å²) in [4.78, 5) is 5.83. The smallest absolute Gasteiger partial charge is 0.356 e. The van der Waals surface area contributed by atoms with Crippen LogP contribution in [0.3, 0.4) is 0 Å². The number of nitrogens with one attached hydrogen (secondary N) is 1. The minimum Gasteiger partial charge on any atom is -0.356 e. The lowest BCUT2D eigenvalue weighted by molar-refractivity contribution is -0.0496. The molecule has 6 nitrogen and oxygen atoms in total. The van der Waals surface area contributed by atoms with E-state index in [0.717, 1.165) is 0 Å². The second-order valence-corrected chi connectivity index (χ2v) is 7.05. The molecule has 0 aromatic rings. The van der Waals surface area contributed by atoms with E-state index in [1.54, 1.807) is 11.9 Å². The number of guanidine groups is 1. The Morgan fingerprint density at radius 2 is 1.82 bits per heavy atom. The molecule has 1 aliphatic heterocycles. The van der Waals surface area contributed by atoms with Crippen LogP contribution in [-0.2, 0) is 10.0 Å². The van der Waals surface area contributed by atoms with Crippen molar-refractivity contribution in [1.82, 2.24) is 14.5 Å². The Morgan fingerprint density at radius 3 is 2.18 bits per heavy atom. The van der Waals surface area contributed by atoms with Crippen molar-refractivity contribution < 1.29 is 21.6 Å². The van der Waals surface area contributed by atoms with Crippen LogP contribution in [0.15, 0.2) is 4.99 Å². The lowest BCUT2D eigenvalue weighted by atomic mass is 9.98. The molecular weight excluding hydrogens is 436 g/mol. The van der Waals surface area contributed by atoms with Crippen molar-refractivity contribution in [2.24, 2.45) is 10.9 Å². The van der Waals surface area contributed by atoms with Gasteiger partial charge in [-0.05, 0) is 18.8 Å². The maximum absolute atomic E-state index is 12.4. The van der Waals surface area contributed by atoms with Crippen molar-refractivity contribution in [2.45, 2.75) is 18.3 Å². The molecule has 0 atom stereocenters. The summed E-state index contributed by atoms with van der Waals surface area (Å²) in [6.45, 7) is 0.355. The Morgan fingerprint density at radius 1 is 1.32 bits per heavy atom. The minimum atomic E-state index is -5.22. The predicted molar refractivity (Wildman–Crippen MR) is 89.7 cm³/mol. The van der Waals surface area contributed by atoms with Gasteiger partial charge >= 0.3 is 15.5 Å². The Balaban J connectivity index is 0.00000441. The van der Waals surface area contributed by atoms with Crippen molar-refractivity contribution in [3.8, 4) is 0 Å². The summed E-state index contributed by atoms with van der Waals surface area (Å²) in [7, 11) is 0.103. The van der Waals surface area contributed by atoms with Crippen LogP contribution in [0.1, 0.15) is 12.8 Å². The zero-order valence-corrected chi connectivity index (χ0v) is 15.9. The van der Waals surface area contributed by atoms with Crippen LogP contribution in [0.25, 0.3) is 0 Å². The fourth-order valence-corrected chi connectivity index (χ4v) is 3.16. The summed E-state index contributed by atoms with van der Waals surface area (Å²) in [6, 6.07) is 0. The van der Waals surface area contributed by atoms with Crippen LogP contribution in [0.4, 0.5) is 13.2 Å². The molecule has 11 heteroatoms. The fraction of sp³-hybridized carbons (Fsp3) is 0.909. The molecule has 1 heterocycles. The summed E-state index contributed by atoms with van der Waals surface area (Å²) in [5.41, 5.74) is -5.22. The molecule has 0 saturated carbocycles. The highest BCUT2D eigenvalue weighted by Gasteiger charge is 2.50. The van der Waals surface area contributed by atoms with Gasteiger partial charge in [-0.2, -0.15) is 17.5 Å². The number of alkyl halides is 3. The standard InChI is InChI=1S/C11H21F3N4O2S.HI/c1-15-10(17(2)3)16-8-9-4-6-18(7-5-9)21(19,20)11(12,13)14;/h9H,4-8H2,1-3H3,(H,15,16);1H. The van der Waals surface area contributed by atoms with E-state index >= 15 is 0 Å². The van der Waals surface area contributed by atoms with Gasteiger partial charge in [-0.15, -0.1) is 24.0 Å². The van der Waals surface area contributed by atoms with Gasteiger partial charge < -0.3 is 10.2 Å². The molecule has 1 aliphatic rings. The first-order valence-corrected chi connectivity index (χ1v) is 7.98. The van der Waals surface area contributed by atoms with Crippen molar-refractivity contribution in [1.29, 1.82) is 0 Å². The molecule has 0 bridgehead atoms. The van der Waals surface area contributed by atoms with E-state index in [1.807, 2.05) is 14.1 Å². The summed E-state index contributed by atoms with van der Waals surface area (Å²) < 4.78 is 60.4. The lowest BCUT2D eigenvalue weighted by Gasteiger charge is -2.32. The third-order valence-corrected chi connectivity index (χ3v) is 5.02. The molecule has 0 aromatic carbocycles. The summed E-state index contributed by atoms with van der Waals surface area (Å²) >= 11 is 0. The molecule has 0 aromatic heterocycles. The van der Waals surface area contributed by atoms with Crippen LogP contribution < -0.4 is 5.32 Å². The number of hydrogen-bond donors (Lipinski definition) is 1. The molecule has 0 aliphatic carbocycles. The Hall–Kier alpha value is -0.300. The van der Waals surface area contributed by atoms with Crippen molar-refractivity contribution in [3.63, 3.8) is 0 Å². The largest absolute Gasteiger partial charge is 0.511 e. The fourth-order valence-electron chi connectivity index (χ4n) is 2.17. The normalized spacial score (nSPS) is 18.7. The van der Waals surface area contributed by atoms with Crippen molar-refractivity contribution in [3.05, 3.63) is 0 Å². The molecule has 22 heavy (non-hydrogen) atoms. The zero-order valence-electron chi connectivity index (χ0n) is 12.7. The van der Waals surface area contributed by atoms with Crippen LogP contribution in [0.2, 0.25) is 0 Å². The van der Waals surface area contributed by atoms with E-state index in [9.17, 15) is 21.6 Å². The number of aliphatic imine (C=N–C) groups is 1. The highest BCUT2D eigenvalue weighted by atomic mass is 127. The number of hydrogen-bond acceptors (Lipinski definition) is 3. The summed E-state index contributed by atoms with van der Waals surface area (Å²) in [6.07, 6.45) is 0.791. The monoisotopic (exact) mass is 458 g/mol. The molecule has 1 rings (SSSR count). The van der Waals surface area contributed by atoms with Crippen LogP contribution in [0, 0.1) is 5.92 Å². The third-order valence-electron chi connectivity index (χ3n) is 3.39. The average Bonchev–Trinajstić information content (AvgIpc) is 2.38. The van der Waals surface area contributed by atoms with Crippen molar-refractivity contribution in [2.75, 3.05) is 40.8 Å². The quantitative estimate of drug-likeness (QED) is 0.394. The van der Waals surface area contributed by atoms with Gasteiger partial charge in [-0.1, -0.05) is 0 Å². The molecular formula is C11H22F3IN4O2S. The van der Waals surface area contributed by atoms with Gasteiger partial charge in [-0.25, -0.2) is 8.42 Å². The van der Waals surface area contributed by atoms with E-state index < -0.39 is 15.5 Å². The minimum absolute atomic E-state index is 0. The maximum Gasteiger partial charge on any atom is 0.511 e. The first-order valence-electron chi connectivity index (χ1n) is 6.54. The number of rotatable bonds is 3. The van der Waals surface area contributed by atoms with E-state index in [2.05, 4.69) is 10.3 Å². The van der Waals surface area contributed by atoms with Gasteiger partial charge in [0.1, 0.15) is 0 Å². The van der Waals surface area contributed by atoms with Crippen LogP contribution >= 0.6 is 24.0 Å². The summed E-state index contributed by atoms with van der Waals surface area (Å²) in [5, 5.41) is 3.11. The first kappa shape index (κ1) is 21.7. The maximum atomic E-state index is 12.4. The van der Waals surface area contributed by atoms with E-state index in [4.69, 9.17) is 0 Å². The third kappa shape index (κ3) is 5.41. The van der Waals surface area contributed by atoms with Gasteiger partial charge in [0, 0.05) is 40.8 Å². The highest BCUT2D eigenvalue weighted by molar-refractivity contribution is 14.0. The summed E-state index contributed by atoms with van der Waals surface area (Å²) in [5.74, 6) is 0.807. The molecule has 1 saturated heterocycles. The lowest BCUT2D eigenvalue weighted by Crippen LogP contribution is -2.47. The van der Waals surface area contributed by atoms with Gasteiger partial charge in [0.15, 0.2) is 5.96 Å². The van der Waals surface area contributed by atoms with Gasteiger partial charge in [-0.3, -0.25) is 4.99 Å². The molecule has 0 spiro atoms. The molecule has 1 fully saturated rings. The molecule has 132 valence electrons. The Labute approximate surface area is 146 Å². The molecule has 0 unspecified atom stereocenters. The van der Waals surface area contributed by atoms with Crippen LogP contribution in [0.5, 0.6) is 0 Å². The topological polar surface area (TPSA) is 65.0 Å². The van der Waals surface area contributed by atoms with Gasteiger partial charge in [0.05, 0.1) is 0 Å². The number of halogens is 4. The van der Waals surface area contributed by atoms with Gasteiger partial charge in [0.2, 0.25) is 0 Å². The first-order chi connectivity index (χ1) is 9.59. The predicted octanol–water partition coefficient (Wildman–Crippen LogP) is 1.30. The van der Waals surface area contributed by atoms with Crippen molar-refractivity contribution >= 4 is 40.0 Å². The second kappa shape index (κ2) is 8.52. The van der Waals surface area contributed by atoms with E-state index in [-0.39, 0.29) is 43.0 Å². The zero-order chi connectivity index (χ0) is 16.3. The number of piperidine rings is 1. The molecule has 0 amide bonds. The van der Waals surface area contributed by atoms with E-state index in [1.165, 1.54) is 0 Å². The highest BCUT2D eigenvalue weighted by Crippen LogP contribution is 2.30. The second-order valence-electron chi connectivity index (χ2n) is 5.12. The SMILES string of the molecule is CN=C(NCC1CCN(S(=O)(=O)C(F)(F)F)CC1)N(C)C.I. The Bertz CT molecular complexity index is 474. The Kier molecular flexibility index (Phi) is 8.41. The number of nitrogens with zero attached hydrogens (tertiary/aromatic N) is 3.